The van der Waals surface area contributed by atoms with Crippen molar-refractivity contribution in [3.05, 3.63) is 53.9 Å². The highest BCUT2D eigenvalue weighted by molar-refractivity contribution is 5.21. The van der Waals surface area contributed by atoms with Gasteiger partial charge in [0.15, 0.2) is 0 Å². The van der Waals surface area contributed by atoms with Gasteiger partial charge in [0.1, 0.15) is 11.6 Å². The van der Waals surface area contributed by atoms with Crippen LogP contribution in [0.15, 0.2) is 36.7 Å². The molecule has 0 spiro atoms. The minimum absolute atomic E-state index is 0.174. The van der Waals surface area contributed by atoms with E-state index in [1.807, 2.05) is 18.5 Å². The lowest BCUT2D eigenvalue weighted by Crippen LogP contribution is -2.45. The molecule has 1 saturated heterocycles. The monoisotopic (exact) mass is 302 g/mol. The van der Waals surface area contributed by atoms with Gasteiger partial charge in [0.25, 0.3) is 0 Å². The third-order valence-electron chi connectivity index (χ3n) is 4.24. The summed E-state index contributed by atoms with van der Waals surface area (Å²) in [5.74, 6) is 0.894. The summed E-state index contributed by atoms with van der Waals surface area (Å²) >= 11 is 0. The second kappa shape index (κ2) is 6.58. The second-order valence-electron chi connectivity index (χ2n) is 6.09. The van der Waals surface area contributed by atoms with Crippen LogP contribution in [0.5, 0.6) is 0 Å². The van der Waals surface area contributed by atoms with Crippen LogP contribution in [0.2, 0.25) is 0 Å². The van der Waals surface area contributed by atoms with E-state index >= 15 is 0 Å². The Morgan fingerprint density at radius 2 is 2.27 bits per heavy atom. The summed E-state index contributed by atoms with van der Waals surface area (Å²) in [6.07, 6.45) is 3.88. The van der Waals surface area contributed by atoms with Gasteiger partial charge in [-0.3, -0.25) is 4.90 Å². The van der Waals surface area contributed by atoms with Crippen LogP contribution in [0.4, 0.5) is 4.39 Å². The number of benzene rings is 1. The number of imidazole rings is 1. The first-order valence-corrected chi connectivity index (χ1v) is 7.87. The number of piperazine rings is 1. The quantitative estimate of drug-likeness (QED) is 0.943. The van der Waals surface area contributed by atoms with Crippen LogP contribution < -0.4 is 5.32 Å². The second-order valence-corrected chi connectivity index (χ2v) is 6.09. The molecule has 1 atom stereocenters. The van der Waals surface area contributed by atoms with Crippen LogP contribution in [-0.4, -0.2) is 34.1 Å². The van der Waals surface area contributed by atoms with E-state index in [0.29, 0.717) is 6.04 Å². The average molecular weight is 302 g/mol. The molecular formula is C17H23FN4. The molecule has 0 amide bonds. The van der Waals surface area contributed by atoms with Gasteiger partial charge in [-0.25, -0.2) is 9.37 Å². The Bertz CT molecular complexity index is 623. The highest BCUT2D eigenvalue weighted by atomic mass is 19.1. The molecule has 0 bridgehead atoms. The van der Waals surface area contributed by atoms with Crippen molar-refractivity contribution < 1.29 is 4.39 Å². The molecule has 0 aliphatic carbocycles. The largest absolute Gasteiger partial charge is 0.331 e. The van der Waals surface area contributed by atoms with Gasteiger partial charge in [-0.15, -0.1) is 0 Å². The average Bonchev–Trinajstić information content (AvgIpc) is 2.96. The highest BCUT2D eigenvalue weighted by Crippen LogP contribution is 2.25. The minimum Gasteiger partial charge on any atom is -0.331 e. The molecule has 0 saturated carbocycles. The maximum Gasteiger partial charge on any atom is 0.123 e. The number of hydrogen-bond acceptors (Lipinski definition) is 3. The van der Waals surface area contributed by atoms with Crippen molar-refractivity contribution >= 4 is 0 Å². The van der Waals surface area contributed by atoms with E-state index in [4.69, 9.17) is 0 Å². The van der Waals surface area contributed by atoms with Crippen LogP contribution in [0.25, 0.3) is 0 Å². The van der Waals surface area contributed by atoms with E-state index in [-0.39, 0.29) is 11.9 Å². The fourth-order valence-corrected chi connectivity index (χ4v) is 3.10. The smallest absolute Gasteiger partial charge is 0.123 e. The van der Waals surface area contributed by atoms with E-state index < -0.39 is 0 Å². The Morgan fingerprint density at radius 3 is 3.05 bits per heavy atom. The summed E-state index contributed by atoms with van der Waals surface area (Å²) in [5, 5.41) is 3.41. The van der Waals surface area contributed by atoms with Crippen molar-refractivity contribution in [3.63, 3.8) is 0 Å². The molecule has 1 N–H and O–H groups in total. The Labute approximate surface area is 131 Å². The molecule has 1 unspecified atom stereocenters. The van der Waals surface area contributed by atoms with Gasteiger partial charge in [0, 0.05) is 44.1 Å². The van der Waals surface area contributed by atoms with E-state index in [2.05, 4.69) is 33.6 Å². The fourth-order valence-electron chi connectivity index (χ4n) is 3.10. The van der Waals surface area contributed by atoms with E-state index in [1.54, 1.807) is 12.1 Å². The molecule has 22 heavy (non-hydrogen) atoms. The number of halogens is 1. The zero-order chi connectivity index (χ0) is 15.5. The molecule has 0 radical (unpaired) electrons. The normalized spacial score (nSPS) is 19.7. The molecular weight excluding hydrogens is 279 g/mol. The first kappa shape index (κ1) is 15.2. The van der Waals surface area contributed by atoms with E-state index in [9.17, 15) is 4.39 Å². The van der Waals surface area contributed by atoms with E-state index in [0.717, 1.165) is 37.6 Å². The van der Waals surface area contributed by atoms with Crippen molar-refractivity contribution in [2.45, 2.75) is 32.5 Å². The van der Waals surface area contributed by atoms with Crippen molar-refractivity contribution in [1.29, 1.82) is 0 Å². The number of aromatic nitrogens is 2. The predicted molar refractivity (Wildman–Crippen MR) is 85.0 cm³/mol. The maximum absolute atomic E-state index is 13.5. The minimum atomic E-state index is -0.174. The van der Waals surface area contributed by atoms with Crippen LogP contribution in [0.1, 0.15) is 37.3 Å². The van der Waals surface area contributed by atoms with Crippen molar-refractivity contribution in [2.75, 3.05) is 19.6 Å². The third kappa shape index (κ3) is 3.20. The summed E-state index contributed by atoms with van der Waals surface area (Å²) in [6.45, 7) is 7.83. The molecule has 1 aliphatic heterocycles. The molecule has 118 valence electrons. The zero-order valence-electron chi connectivity index (χ0n) is 13.2. The van der Waals surface area contributed by atoms with Gasteiger partial charge >= 0.3 is 0 Å². The lowest BCUT2D eigenvalue weighted by molar-refractivity contribution is 0.147. The molecule has 1 aromatic heterocycles. The molecule has 3 rings (SSSR count). The van der Waals surface area contributed by atoms with Crippen LogP contribution >= 0.6 is 0 Å². The van der Waals surface area contributed by atoms with Gasteiger partial charge in [-0.05, 0) is 31.5 Å². The lowest BCUT2D eigenvalue weighted by Gasteiger charge is -2.36. The SMILES string of the molecule is CC(C)n1ccnc1CN1CCNCC1c1cccc(F)c1. The molecule has 5 heteroatoms. The van der Waals surface area contributed by atoms with Gasteiger partial charge in [0.2, 0.25) is 0 Å². The summed E-state index contributed by atoms with van der Waals surface area (Å²) < 4.78 is 15.7. The van der Waals surface area contributed by atoms with Crippen molar-refractivity contribution in [2.24, 2.45) is 0 Å². The predicted octanol–water partition coefficient (Wildman–Crippen LogP) is 2.75. The highest BCUT2D eigenvalue weighted by Gasteiger charge is 2.25. The van der Waals surface area contributed by atoms with Crippen LogP contribution in [0.3, 0.4) is 0 Å². The lowest BCUT2D eigenvalue weighted by atomic mass is 10.0. The number of rotatable bonds is 4. The molecule has 2 heterocycles. The standard InChI is InChI=1S/C17H23FN4/c1-13(2)22-9-7-20-17(22)12-21-8-6-19-11-16(21)14-4-3-5-15(18)10-14/h3-5,7,9-10,13,16,19H,6,8,11-12H2,1-2H3. The summed E-state index contributed by atoms with van der Waals surface area (Å²) in [5.41, 5.74) is 1.02. The van der Waals surface area contributed by atoms with Gasteiger partial charge in [-0.1, -0.05) is 12.1 Å². The van der Waals surface area contributed by atoms with Gasteiger partial charge < -0.3 is 9.88 Å². The Morgan fingerprint density at radius 1 is 1.41 bits per heavy atom. The first-order valence-electron chi connectivity index (χ1n) is 7.87. The Balaban J connectivity index is 1.82. The molecule has 4 nitrogen and oxygen atoms in total. The van der Waals surface area contributed by atoms with Gasteiger partial charge in [0.05, 0.1) is 6.54 Å². The summed E-state index contributed by atoms with van der Waals surface area (Å²) in [6, 6.07) is 7.50. The summed E-state index contributed by atoms with van der Waals surface area (Å²) in [4.78, 5) is 6.89. The molecule has 1 fully saturated rings. The van der Waals surface area contributed by atoms with Gasteiger partial charge in [-0.2, -0.15) is 0 Å². The van der Waals surface area contributed by atoms with Crippen molar-refractivity contribution in [3.8, 4) is 0 Å². The molecule has 1 aliphatic rings. The van der Waals surface area contributed by atoms with Crippen LogP contribution in [0, 0.1) is 5.82 Å². The first-order chi connectivity index (χ1) is 10.6. The summed E-state index contributed by atoms with van der Waals surface area (Å²) in [7, 11) is 0. The Kier molecular flexibility index (Phi) is 4.55. The van der Waals surface area contributed by atoms with Crippen LogP contribution in [-0.2, 0) is 6.54 Å². The topological polar surface area (TPSA) is 33.1 Å². The number of nitrogens with zero attached hydrogens (tertiary/aromatic N) is 3. The fraction of sp³-hybridized carbons (Fsp3) is 0.471. The Hall–Kier alpha value is -1.72. The maximum atomic E-state index is 13.5. The van der Waals surface area contributed by atoms with Crippen molar-refractivity contribution in [1.82, 2.24) is 19.8 Å². The third-order valence-corrected chi connectivity index (χ3v) is 4.24. The molecule has 2 aromatic rings. The zero-order valence-corrected chi connectivity index (χ0v) is 13.2. The number of hydrogen-bond donors (Lipinski definition) is 1. The van der Waals surface area contributed by atoms with E-state index in [1.165, 1.54) is 6.07 Å². The number of nitrogens with one attached hydrogen (secondary N) is 1. The molecule has 1 aromatic carbocycles.